The highest BCUT2D eigenvalue weighted by Crippen LogP contribution is 2.31. The molecule has 5 rings (SSSR count). The monoisotopic (exact) mass is 432 g/mol. The van der Waals surface area contributed by atoms with E-state index in [9.17, 15) is 18.7 Å². The molecular weight excluding hydrogens is 410 g/mol. The Hall–Kier alpha value is -2.52. The quantitative estimate of drug-likeness (QED) is 0.588. The number of H-pyrrole nitrogens is 1. The Bertz CT molecular complexity index is 1100. The Labute approximate surface area is 175 Å². The molecule has 0 spiro atoms. The average molecular weight is 432 g/mol. The maximum Gasteiger partial charge on any atom is 0.270 e. The second-order valence-corrected chi connectivity index (χ2v) is 9.13. The molecule has 0 saturated heterocycles. The summed E-state index contributed by atoms with van der Waals surface area (Å²) in [6.45, 7) is 0.972. The first kappa shape index (κ1) is 19.4. The van der Waals surface area contributed by atoms with Crippen LogP contribution in [0.4, 0.5) is 13.9 Å². The molecule has 0 bridgehead atoms. The number of hydrogen-bond acceptors (Lipinski definition) is 5. The molecular formula is C21H22F2N4O2S. The molecule has 1 saturated carbocycles. The summed E-state index contributed by atoms with van der Waals surface area (Å²) in [4.78, 5) is 23.2. The average Bonchev–Trinajstić information content (AvgIpc) is 3.32. The molecule has 2 aromatic heterocycles. The second-order valence-electron chi connectivity index (χ2n) is 8.05. The molecule has 9 heteroatoms. The minimum atomic E-state index is -0.686. The van der Waals surface area contributed by atoms with Gasteiger partial charge >= 0.3 is 0 Å². The van der Waals surface area contributed by atoms with Gasteiger partial charge in [0.25, 0.3) is 5.91 Å². The summed E-state index contributed by atoms with van der Waals surface area (Å²) >= 11 is 1.56. The van der Waals surface area contributed by atoms with Crippen LogP contribution in [0, 0.1) is 11.6 Å². The molecule has 1 aliphatic heterocycles. The van der Waals surface area contributed by atoms with Gasteiger partial charge in [-0.2, -0.15) is 0 Å². The smallest absolute Gasteiger partial charge is 0.270 e. The Kier molecular flexibility index (Phi) is 4.94. The number of aliphatic hydroxyl groups excluding tert-OH is 1. The molecule has 0 radical (unpaired) electrons. The van der Waals surface area contributed by atoms with Gasteiger partial charge in [-0.05, 0) is 37.8 Å². The lowest BCUT2D eigenvalue weighted by molar-refractivity contribution is 0.0731. The first-order valence-electron chi connectivity index (χ1n) is 10.2. The number of aromatic amines is 1. The van der Waals surface area contributed by atoms with E-state index in [4.69, 9.17) is 4.98 Å². The first-order chi connectivity index (χ1) is 14.5. The zero-order chi connectivity index (χ0) is 20.8. The van der Waals surface area contributed by atoms with Crippen molar-refractivity contribution in [2.45, 2.75) is 50.8 Å². The molecule has 158 valence electrons. The number of fused-ring (bicyclic) bond motifs is 2. The molecule has 30 heavy (non-hydrogen) atoms. The van der Waals surface area contributed by atoms with E-state index in [2.05, 4.69) is 10.3 Å². The zero-order valence-corrected chi connectivity index (χ0v) is 17.1. The summed E-state index contributed by atoms with van der Waals surface area (Å²) in [5.74, 6) is -1.60. The summed E-state index contributed by atoms with van der Waals surface area (Å²) in [7, 11) is 0. The van der Waals surface area contributed by atoms with Gasteiger partial charge in [-0.3, -0.25) is 4.79 Å². The van der Waals surface area contributed by atoms with Crippen LogP contribution in [-0.4, -0.2) is 44.6 Å². The van der Waals surface area contributed by atoms with Crippen molar-refractivity contribution < 1.29 is 18.7 Å². The van der Waals surface area contributed by atoms with E-state index in [1.807, 2.05) is 0 Å². The number of nitrogens with zero attached hydrogens (tertiary/aromatic N) is 2. The summed E-state index contributed by atoms with van der Waals surface area (Å²) in [5.41, 5.74) is 1.53. The predicted octanol–water partition coefficient (Wildman–Crippen LogP) is 3.82. The van der Waals surface area contributed by atoms with Crippen molar-refractivity contribution in [1.82, 2.24) is 14.9 Å². The van der Waals surface area contributed by atoms with Crippen molar-refractivity contribution in [2.24, 2.45) is 0 Å². The number of anilines is 1. The van der Waals surface area contributed by atoms with Crippen LogP contribution >= 0.6 is 11.3 Å². The van der Waals surface area contributed by atoms with E-state index < -0.39 is 11.6 Å². The molecule has 0 atom stereocenters. The van der Waals surface area contributed by atoms with Crippen molar-refractivity contribution in [2.75, 3.05) is 11.9 Å². The number of carbonyl (C=O) groups excluding carboxylic acids is 1. The summed E-state index contributed by atoms with van der Waals surface area (Å²) in [5, 5.41) is 14.2. The molecule has 3 aromatic rings. The van der Waals surface area contributed by atoms with E-state index in [1.165, 1.54) is 12.1 Å². The third-order valence-corrected chi connectivity index (χ3v) is 6.94. The highest BCUT2D eigenvalue weighted by molar-refractivity contribution is 7.15. The Morgan fingerprint density at radius 3 is 2.83 bits per heavy atom. The Morgan fingerprint density at radius 1 is 1.23 bits per heavy atom. The van der Waals surface area contributed by atoms with Gasteiger partial charge in [-0.25, -0.2) is 13.8 Å². The fourth-order valence-corrected chi connectivity index (χ4v) is 5.37. The molecule has 1 fully saturated rings. The summed E-state index contributed by atoms with van der Waals surface area (Å²) in [6.07, 6.45) is 3.93. The second kappa shape index (κ2) is 7.63. The van der Waals surface area contributed by atoms with Crippen molar-refractivity contribution >= 4 is 33.3 Å². The normalized spacial score (nSPS) is 21.6. The van der Waals surface area contributed by atoms with Crippen LogP contribution in [0.5, 0.6) is 0 Å². The van der Waals surface area contributed by atoms with E-state index in [-0.39, 0.29) is 28.6 Å². The highest BCUT2D eigenvalue weighted by Gasteiger charge is 2.27. The molecule has 1 aromatic carbocycles. The zero-order valence-electron chi connectivity index (χ0n) is 16.3. The summed E-state index contributed by atoms with van der Waals surface area (Å²) in [6, 6.07) is 3.77. The molecule has 1 amide bonds. The van der Waals surface area contributed by atoms with E-state index in [0.717, 1.165) is 47.5 Å². The van der Waals surface area contributed by atoms with Crippen LogP contribution in [0.3, 0.4) is 0 Å². The lowest BCUT2D eigenvalue weighted by Gasteiger charge is -2.25. The Morgan fingerprint density at radius 2 is 2.03 bits per heavy atom. The van der Waals surface area contributed by atoms with Crippen LogP contribution in [-0.2, 0) is 13.0 Å². The molecule has 1 aliphatic carbocycles. The van der Waals surface area contributed by atoms with Gasteiger partial charge in [0, 0.05) is 35.3 Å². The standard InChI is InChI=1S/C21H22F2N4O2S/c22-11-7-15(23)14-9-18(25-17(14)8-11)20(29)27-6-5-16-19(10-27)30-21(26-16)24-12-1-3-13(28)4-2-12/h7-9,12-13,25,28H,1-6,10H2,(H,24,26)/t12-,13+. The van der Waals surface area contributed by atoms with Gasteiger partial charge < -0.3 is 20.3 Å². The van der Waals surface area contributed by atoms with Crippen LogP contribution < -0.4 is 5.32 Å². The molecule has 0 unspecified atom stereocenters. The maximum absolute atomic E-state index is 14.0. The van der Waals surface area contributed by atoms with Crippen molar-refractivity contribution in [3.05, 3.63) is 46.1 Å². The lowest BCUT2D eigenvalue weighted by Crippen LogP contribution is -2.35. The number of aliphatic hydroxyl groups is 1. The minimum absolute atomic E-state index is 0.193. The van der Waals surface area contributed by atoms with Gasteiger partial charge in [-0.15, -0.1) is 0 Å². The largest absolute Gasteiger partial charge is 0.393 e. The first-order valence-corrected chi connectivity index (χ1v) is 11.0. The van der Waals surface area contributed by atoms with Gasteiger partial charge in [0.15, 0.2) is 5.13 Å². The number of rotatable bonds is 3. The number of aromatic nitrogens is 2. The molecule has 6 nitrogen and oxygen atoms in total. The third kappa shape index (κ3) is 3.67. The topological polar surface area (TPSA) is 81.2 Å². The van der Waals surface area contributed by atoms with Gasteiger partial charge in [0.1, 0.15) is 17.3 Å². The Balaban J connectivity index is 1.30. The van der Waals surface area contributed by atoms with Gasteiger partial charge in [-0.1, -0.05) is 11.3 Å². The predicted molar refractivity (Wildman–Crippen MR) is 111 cm³/mol. The lowest BCUT2D eigenvalue weighted by atomic mass is 9.93. The van der Waals surface area contributed by atoms with Crippen molar-refractivity contribution in [3.8, 4) is 0 Å². The van der Waals surface area contributed by atoms with Crippen LogP contribution in [0.25, 0.3) is 10.9 Å². The van der Waals surface area contributed by atoms with E-state index in [1.54, 1.807) is 16.2 Å². The van der Waals surface area contributed by atoms with Crippen LogP contribution in [0.2, 0.25) is 0 Å². The highest BCUT2D eigenvalue weighted by atomic mass is 32.1. The van der Waals surface area contributed by atoms with Gasteiger partial charge in [0.2, 0.25) is 0 Å². The fraction of sp³-hybridized carbons (Fsp3) is 0.429. The number of thiazole rings is 1. The molecule has 3 heterocycles. The number of halogens is 2. The molecule has 2 aliphatic rings. The SMILES string of the molecule is O=C(c1cc2c(F)cc(F)cc2[nH]1)N1CCc2nc(N[C@H]3CC[C@@H](O)CC3)sc2C1. The number of nitrogens with one attached hydrogen (secondary N) is 2. The third-order valence-electron chi connectivity index (χ3n) is 5.93. The van der Waals surface area contributed by atoms with Crippen molar-refractivity contribution in [3.63, 3.8) is 0 Å². The number of hydrogen-bond donors (Lipinski definition) is 3. The van der Waals surface area contributed by atoms with E-state index in [0.29, 0.717) is 25.6 Å². The molecule has 3 N–H and O–H groups in total. The van der Waals surface area contributed by atoms with Gasteiger partial charge in [0.05, 0.1) is 23.9 Å². The number of benzene rings is 1. The number of carbonyl (C=O) groups is 1. The minimum Gasteiger partial charge on any atom is -0.393 e. The number of amides is 1. The maximum atomic E-state index is 14.0. The van der Waals surface area contributed by atoms with Crippen molar-refractivity contribution in [1.29, 1.82) is 0 Å². The van der Waals surface area contributed by atoms with E-state index >= 15 is 0 Å². The summed E-state index contributed by atoms with van der Waals surface area (Å²) < 4.78 is 27.4. The van der Waals surface area contributed by atoms with Crippen LogP contribution in [0.15, 0.2) is 18.2 Å². The fourth-order valence-electron chi connectivity index (χ4n) is 4.27. The van der Waals surface area contributed by atoms with Crippen LogP contribution in [0.1, 0.15) is 46.7 Å².